The molecule has 36 heavy (non-hydrogen) atoms. The molecule has 0 saturated heterocycles. The first-order chi connectivity index (χ1) is 17.1. The van der Waals surface area contributed by atoms with E-state index >= 15 is 0 Å². The van der Waals surface area contributed by atoms with Crippen LogP contribution < -0.4 is 26.2 Å². The first-order valence-corrected chi connectivity index (χ1v) is 11.6. The molecule has 196 valence electrons. The third kappa shape index (κ3) is 7.76. The van der Waals surface area contributed by atoms with Gasteiger partial charge in [-0.1, -0.05) is 26.0 Å². The number of amides is 1. The summed E-state index contributed by atoms with van der Waals surface area (Å²) in [7, 11) is -1.39. The predicted octanol–water partition coefficient (Wildman–Crippen LogP) is -0.0339. The monoisotopic (exact) mass is 505 g/mol. The lowest BCUT2D eigenvalue weighted by Gasteiger charge is -2.29. The van der Waals surface area contributed by atoms with Crippen LogP contribution in [0, 0.1) is 0 Å². The molecule has 1 aromatic carbocycles. The Labute approximate surface area is 209 Å². The van der Waals surface area contributed by atoms with Gasteiger partial charge in [0, 0.05) is 18.8 Å². The highest BCUT2D eigenvalue weighted by molar-refractivity contribution is 6.47. The number of esters is 1. The summed E-state index contributed by atoms with van der Waals surface area (Å²) in [6, 6.07) is 5.13. The molecule has 2 aliphatic heterocycles. The normalized spacial score (nSPS) is 16.6. The summed E-state index contributed by atoms with van der Waals surface area (Å²) in [5.74, 6) is -1.73. The first-order valence-electron chi connectivity index (χ1n) is 11.6. The maximum atomic E-state index is 12.6. The van der Waals surface area contributed by atoms with E-state index in [2.05, 4.69) is 21.6 Å². The summed E-state index contributed by atoms with van der Waals surface area (Å²) < 4.78 is 20.0. The number of nitrogens with zero attached hydrogens (tertiary/aromatic N) is 1. The average Bonchev–Trinajstić information content (AvgIpc) is 3.24. The number of carbonyl (C=O) groups excluding carboxylic acids is 3. The Balaban J connectivity index is 1.53. The van der Waals surface area contributed by atoms with Crippen molar-refractivity contribution >= 4 is 25.2 Å². The number of benzene rings is 1. The Morgan fingerprint density at radius 2 is 2.03 bits per heavy atom. The van der Waals surface area contributed by atoms with Gasteiger partial charge in [0.05, 0.1) is 17.7 Å². The highest BCUT2D eigenvalue weighted by Gasteiger charge is 2.38. The van der Waals surface area contributed by atoms with Crippen LogP contribution in [0.3, 0.4) is 0 Å². The number of para-hydroxylation sites is 1. The fourth-order valence-corrected chi connectivity index (χ4v) is 3.44. The minimum absolute atomic E-state index is 0.000134. The van der Waals surface area contributed by atoms with Crippen molar-refractivity contribution in [3.63, 3.8) is 0 Å². The lowest BCUT2D eigenvalue weighted by atomic mass is 9.72. The molecule has 1 amide bonds. The number of hydrogen-bond acceptors (Lipinski definition) is 12. The molecule has 3 rings (SSSR count). The number of hydrogen-bond donors (Lipinski definition) is 5. The van der Waals surface area contributed by atoms with Gasteiger partial charge in [0.15, 0.2) is 0 Å². The molecule has 0 unspecified atom stereocenters. The first kappa shape index (κ1) is 27.1. The summed E-state index contributed by atoms with van der Waals surface area (Å²) in [5.41, 5.74) is 7.40. The smallest absolute Gasteiger partial charge is 0.534 e. The highest BCUT2D eigenvalue weighted by atomic mass is 16.8. The van der Waals surface area contributed by atoms with E-state index in [0.717, 1.165) is 5.70 Å². The van der Waals surface area contributed by atoms with E-state index in [1.165, 1.54) is 6.07 Å². The molecule has 2 aliphatic rings. The number of hydrazine groups is 2. The summed E-state index contributed by atoms with van der Waals surface area (Å²) in [4.78, 5) is 36.4. The maximum absolute atomic E-state index is 12.6. The van der Waals surface area contributed by atoms with Crippen LogP contribution in [0.15, 0.2) is 30.1 Å². The molecule has 14 heteroatoms. The van der Waals surface area contributed by atoms with Crippen LogP contribution in [-0.2, 0) is 25.4 Å². The van der Waals surface area contributed by atoms with Crippen molar-refractivity contribution in [3.8, 4) is 5.75 Å². The van der Waals surface area contributed by atoms with Gasteiger partial charge in [0.1, 0.15) is 17.9 Å². The number of rotatable bonds is 10. The van der Waals surface area contributed by atoms with Gasteiger partial charge in [-0.05, 0) is 31.9 Å². The lowest BCUT2D eigenvalue weighted by Crippen LogP contribution is -2.55. The Hall–Kier alpha value is -3.49. The number of ether oxygens (including phenoxy) is 3. The van der Waals surface area contributed by atoms with Crippen molar-refractivity contribution in [2.75, 3.05) is 19.9 Å². The molecule has 5 N–H and O–H groups in total. The summed E-state index contributed by atoms with van der Waals surface area (Å²) in [5, 5.41) is 18.1. The molecule has 2 heterocycles. The van der Waals surface area contributed by atoms with E-state index in [9.17, 15) is 19.4 Å². The van der Waals surface area contributed by atoms with Gasteiger partial charge < -0.3 is 39.9 Å². The molecule has 0 aliphatic carbocycles. The Kier molecular flexibility index (Phi) is 9.39. The maximum Gasteiger partial charge on any atom is 0.547 e. The van der Waals surface area contributed by atoms with Gasteiger partial charge in [0.2, 0.25) is 12.7 Å². The Morgan fingerprint density at radius 1 is 1.25 bits per heavy atom. The molecule has 0 aromatic heterocycles. The van der Waals surface area contributed by atoms with Crippen LogP contribution in [0.5, 0.6) is 5.75 Å². The van der Waals surface area contributed by atoms with Gasteiger partial charge in [-0.2, -0.15) is 0 Å². The van der Waals surface area contributed by atoms with E-state index in [4.69, 9.17) is 18.9 Å². The number of nitrogens with one attached hydrogen (secondary N) is 4. The minimum atomic E-state index is -1.39. The van der Waals surface area contributed by atoms with Crippen LogP contribution in [0.25, 0.3) is 0 Å². The third-order valence-corrected chi connectivity index (χ3v) is 5.07. The van der Waals surface area contributed by atoms with Crippen LogP contribution >= 0.6 is 0 Å². The fraction of sp³-hybridized carbons (Fsp3) is 0.500. The molecule has 13 nitrogen and oxygen atoms in total. The molecule has 0 spiro atoms. The van der Waals surface area contributed by atoms with Crippen molar-refractivity contribution in [1.29, 1.82) is 0 Å². The molecular formula is C22H32BN5O8. The summed E-state index contributed by atoms with van der Waals surface area (Å²) in [6.07, 6.45) is 0.673. The van der Waals surface area contributed by atoms with Crippen LogP contribution in [-0.4, -0.2) is 73.2 Å². The highest BCUT2D eigenvalue weighted by Crippen LogP contribution is 2.30. The van der Waals surface area contributed by atoms with E-state index in [1.807, 2.05) is 13.8 Å². The number of carbonyl (C=O) groups is 3. The zero-order chi connectivity index (χ0) is 26.2. The molecule has 0 saturated carbocycles. The lowest BCUT2D eigenvalue weighted by molar-refractivity contribution is -0.122. The zero-order valence-electron chi connectivity index (χ0n) is 20.7. The Bertz CT molecular complexity index is 989. The minimum Gasteiger partial charge on any atom is -0.534 e. The number of fused-ring (bicyclic) bond motifs is 1. The van der Waals surface area contributed by atoms with Crippen molar-refractivity contribution in [3.05, 3.63) is 41.2 Å². The van der Waals surface area contributed by atoms with E-state index in [0.29, 0.717) is 18.2 Å². The second kappa shape index (κ2) is 12.5. The van der Waals surface area contributed by atoms with Crippen molar-refractivity contribution in [2.45, 2.75) is 52.2 Å². The molecule has 0 radical (unpaired) electrons. The zero-order valence-corrected chi connectivity index (χ0v) is 20.7. The predicted molar refractivity (Wildman–Crippen MR) is 128 cm³/mol. The van der Waals surface area contributed by atoms with Crippen LogP contribution in [0.1, 0.15) is 43.6 Å². The molecule has 1 atom stereocenters. The van der Waals surface area contributed by atoms with Gasteiger partial charge in [0.25, 0.3) is 0 Å². The van der Waals surface area contributed by atoms with Crippen molar-refractivity contribution in [1.82, 2.24) is 26.6 Å². The van der Waals surface area contributed by atoms with Gasteiger partial charge in [-0.3, -0.25) is 9.80 Å². The third-order valence-electron chi connectivity index (χ3n) is 5.07. The van der Waals surface area contributed by atoms with Crippen molar-refractivity contribution < 1.29 is 38.3 Å². The molecular weight excluding hydrogens is 473 g/mol. The van der Waals surface area contributed by atoms with E-state index in [1.54, 1.807) is 37.2 Å². The molecule has 0 fully saturated rings. The van der Waals surface area contributed by atoms with Gasteiger partial charge >= 0.3 is 19.2 Å². The van der Waals surface area contributed by atoms with Crippen molar-refractivity contribution in [2.24, 2.45) is 0 Å². The quantitative estimate of drug-likeness (QED) is 0.164. The van der Waals surface area contributed by atoms with Crippen LogP contribution in [0.4, 0.5) is 4.79 Å². The fourth-order valence-electron chi connectivity index (χ4n) is 3.44. The average molecular weight is 505 g/mol. The van der Waals surface area contributed by atoms with Crippen LogP contribution in [0.2, 0.25) is 0 Å². The van der Waals surface area contributed by atoms with Gasteiger partial charge in [-0.25, -0.2) is 9.59 Å². The second-order valence-electron chi connectivity index (χ2n) is 8.85. The van der Waals surface area contributed by atoms with Gasteiger partial charge in [-0.15, -0.1) is 5.53 Å². The van der Waals surface area contributed by atoms with E-state index < -0.39 is 32.0 Å². The standard InChI is InChI=1S/C22H32BN5O8/c1-13(2)24-9-16-10-28(27-26-16)11-19(29)25-18-8-15-6-5-7-17(20(15)36-23(18)32)21(30)33-12-34-22(31)35-14(3)4/h5-7,10,13-14,18,24,26-27,32H,8-9,11-12H2,1-4H3,(H,25,29)/t18-/m0/s1. The van der Waals surface area contributed by atoms with E-state index in [-0.39, 0.29) is 36.3 Å². The second-order valence-corrected chi connectivity index (χ2v) is 8.85. The summed E-state index contributed by atoms with van der Waals surface area (Å²) >= 11 is 0. The molecule has 1 aromatic rings. The topological polar surface area (TPSA) is 160 Å². The molecule has 0 bridgehead atoms. The Morgan fingerprint density at radius 3 is 2.75 bits per heavy atom. The SMILES string of the molecule is CC(C)NCC1=CN(CC(=O)N[C@H]2Cc3cccc(C(=O)OCOC(=O)OC(C)C)c3OB2O)NN1. The summed E-state index contributed by atoms with van der Waals surface area (Å²) in [6.45, 7) is 7.36. The largest absolute Gasteiger partial charge is 0.547 e.